The molecule has 78 valence electrons. The minimum atomic E-state index is -0.0700. The van der Waals surface area contributed by atoms with Crippen molar-refractivity contribution >= 4 is 10.8 Å². The molecule has 0 saturated heterocycles. The molecule has 0 aliphatic carbocycles. The second-order valence-electron chi connectivity index (χ2n) is 3.50. The fourth-order valence-electron chi connectivity index (χ4n) is 1.64. The van der Waals surface area contributed by atoms with Crippen LogP contribution in [0.25, 0.3) is 10.8 Å². The number of aromatic nitrogens is 2. The third-order valence-corrected chi connectivity index (χ3v) is 2.63. The lowest BCUT2D eigenvalue weighted by Gasteiger charge is -2.12. The molecule has 0 fully saturated rings. The fourth-order valence-corrected chi connectivity index (χ4v) is 1.64. The van der Waals surface area contributed by atoms with E-state index in [0.29, 0.717) is 5.39 Å². The average Bonchev–Trinajstić information content (AvgIpc) is 2.29. The lowest BCUT2D eigenvalue weighted by atomic mass is 10.1. The first kappa shape index (κ1) is 9.86. The highest BCUT2D eigenvalue weighted by Gasteiger charge is 2.09. The van der Waals surface area contributed by atoms with E-state index in [4.69, 9.17) is 0 Å². The Morgan fingerprint density at radius 1 is 1.47 bits per heavy atom. The smallest absolute Gasteiger partial charge is 0.255 e. The largest absolute Gasteiger partial charge is 0.328 e. The number of hydrogen-bond acceptors (Lipinski definition) is 3. The van der Waals surface area contributed by atoms with Crippen molar-refractivity contribution in [2.45, 2.75) is 13.0 Å². The topological polar surface area (TPSA) is 57.8 Å². The highest BCUT2D eigenvalue weighted by atomic mass is 16.1. The van der Waals surface area contributed by atoms with Gasteiger partial charge in [-0.1, -0.05) is 0 Å². The molecule has 1 atom stereocenters. The van der Waals surface area contributed by atoms with E-state index >= 15 is 0 Å². The van der Waals surface area contributed by atoms with Gasteiger partial charge in [0.05, 0.1) is 5.39 Å². The number of fused-ring (bicyclic) bond motifs is 1. The highest BCUT2D eigenvalue weighted by molar-refractivity contribution is 5.83. The first-order chi connectivity index (χ1) is 7.24. The summed E-state index contributed by atoms with van der Waals surface area (Å²) in [5.41, 5.74) is 0.986. The van der Waals surface area contributed by atoms with Crippen molar-refractivity contribution in [2.75, 3.05) is 7.05 Å². The lowest BCUT2D eigenvalue weighted by molar-refractivity contribution is 0.654. The molecule has 0 aromatic carbocycles. The van der Waals surface area contributed by atoms with Crippen LogP contribution in [-0.4, -0.2) is 17.0 Å². The number of nitrogens with zero attached hydrogens (tertiary/aromatic N) is 1. The van der Waals surface area contributed by atoms with Crippen molar-refractivity contribution in [3.05, 3.63) is 40.6 Å². The molecule has 4 heteroatoms. The van der Waals surface area contributed by atoms with Crippen LogP contribution in [0.1, 0.15) is 18.5 Å². The molecule has 1 unspecified atom stereocenters. The van der Waals surface area contributed by atoms with Gasteiger partial charge in [0, 0.05) is 30.0 Å². The van der Waals surface area contributed by atoms with Crippen molar-refractivity contribution in [1.82, 2.24) is 15.3 Å². The van der Waals surface area contributed by atoms with E-state index in [-0.39, 0.29) is 11.6 Å². The van der Waals surface area contributed by atoms with Gasteiger partial charge in [0.2, 0.25) is 0 Å². The van der Waals surface area contributed by atoms with Gasteiger partial charge in [-0.15, -0.1) is 0 Å². The van der Waals surface area contributed by atoms with E-state index in [0.717, 1.165) is 10.9 Å². The Hall–Kier alpha value is -1.68. The van der Waals surface area contributed by atoms with E-state index in [1.807, 2.05) is 14.0 Å². The number of H-pyrrole nitrogens is 1. The molecular formula is C11H13N3O. The van der Waals surface area contributed by atoms with Crippen LogP contribution in [0, 0.1) is 0 Å². The Balaban J connectivity index is 2.77. The second kappa shape index (κ2) is 3.82. The third kappa shape index (κ3) is 1.64. The minimum absolute atomic E-state index is 0.0700. The van der Waals surface area contributed by atoms with Gasteiger partial charge in [-0.05, 0) is 25.6 Å². The summed E-state index contributed by atoms with van der Waals surface area (Å²) < 4.78 is 0. The second-order valence-corrected chi connectivity index (χ2v) is 3.50. The molecule has 0 aliphatic heterocycles. The van der Waals surface area contributed by atoms with Gasteiger partial charge in [0.15, 0.2) is 0 Å². The van der Waals surface area contributed by atoms with E-state index in [1.54, 1.807) is 24.7 Å². The van der Waals surface area contributed by atoms with Crippen molar-refractivity contribution in [3.63, 3.8) is 0 Å². The van der Waals surface area contributed by atoms with Crippen molar-refractivity contribution in [3.8, 4) is 0 Å². The maximum atomic E-state index is 11.5. The zero-order valence-corrected chi connectivity index (χ0v) is 8.74. The predicted octanol–water partition coefficient (Wildman–Crippen LogP) is 1.20. The van der Waals surface area contributed by atoms with Crippen LogP contribution in [0.3, 0.4) is 0 Å². The summed E-state index contributed by atoms with van der Waals surface area (Å²) in [7, 11) is 1.89. The van der Waals surface area contributed by atoms with Gasteiger partial charge >= 0.3 is 0 Å². The molecular weight excluding hydrogens is 190 g/mol. The van der Waals surface area contributed by atoms with Crippen LogP contribution in [0.5, 0.6) is 0 Å². The molecule has 2 aromatic rings. The quantitative estimate of drug-likeness (QED) is 0.771. The van der Waals surface area contributed by atoms with Crippen LogP contribution in [0.4, 0.5) is 0 Å². The Morgan fingerprint density at radius 2 is 2.27 bits per heavy atom. The minimum Gasteiger partial charge on any atom is -0.328 e. The Bertz CT molecular complexity index is 533. The van der Waals surface area contributed by atoms with Gasteiger partial charge in [0.1, 0.15) is 0 Å². The van der Waals surface area contributed by atoms with Crippen LogP contribution in [0.2, 0.25) is 0 Å². The molecule has 0 aliphatic rings. The van der Waals surface area contributed by atoms with Crippen LogP contribution >= 0.6 is 0 Å². The SMILES string of the molecule is CNC(C)c1c[nH]c(=O)c2ccncc12. The van der Waals surface area contributed by atoms with E-state index in [1.165, 1.54) is 0 Å². The van der Waals surface area contributed by atoms with Crippen LogP contribution < -0.4 is 10.9 Å². The lowest BCUT2D eigenvalue weighted by Crippen LogP contribution is -2.16. The van der Waals surface area contributed by atoms with Crippen molar-refractivity contribution < 1.29 is 0 Å². The van der Waals surface area contributed by atoms with Crippen LogP contribution in [0.15, 0.2) is 29.5 Å². The molecule has 0 radical (unpaired) electrons. The number of rotatable bonds is 2. The highest BCUT2D eigenvalue weighted by Crippen LogP contribution is 2.19. The Kier molecular flexibility index (Phi) is 2.51. The van der Waals surface area contributed by atoms with Crippen molar-refractivity contribution in [1.29, 1.82) is 0 Å². The normalized spacial score (nSPS) is 12.9. The molecule has 2 rings (SSSR count). The van der Waals surface area contributed by atoms with E-state index in [2.05, 4.69) is 15.3 Å². The first-order valence-corrected chi connectivity index (χ1v) is 4.86. The average molecular weight is 203 g/mol. The van der Waals surface area contributed by atoms with Gasteiger partial charge in [-0.25, -0.2) is 0 Å². The maximum Gasteiger partial charge on any atom is 0.255 e. The maximum absolute atomic E-state index is 11.5. The molecule has 0 bridgehead atoms. The number of nitrogens with one attached hydrogen (secondary N) is 2. The number of pyridine rings is 2. The van der Waals surface area contributed by atoms with E-state index in [9.17, 15) is 4.79 Å². The first-order valence-electron chi connectivity index (χ1n) is 4.86. The summed E-state index contributed by atoms with van der Waals surface area (Å²) >= 11 is 0. The molecule has 0 spiro atoms. The predicted molar refractivity (Wildman–Crippen MR) is 59.8 cm³/mol. The zero-order valence-electron chi connectivity index (χ0n) is 8.74. The Labute approximate surface area is 87.4 Å². The number of aromatic amines is 1. The summed E-state index contributed by atoms with van der Waals surface area (Å²) in [4.78, 5) is 18.3. The molecule has 0 saturated carbocycles. The van der Waals surface area contributed by atoms with Gasteiger partial charge in [-0.2, -0.15) is 0 Å². The van der Waals surface area contributed by atoms with Gasteiger partial charge < -0.3 is 10.3 Å². The molecule has 4 nitrogen and oxygen atoms in total. The standard InChI is InChI=1S/C11H13N3O/c1-7(12-2)9-6-14-11(15)8-3-4-13-5-10(8)9/h3-7,12H,1-2H3,(H,14,15). The Morgan fingerprint density at radius 3 is 3.00 bits per heavy atom. The van der Waals surface area contributed by atoms with Gasteiger partial charge in [-0.3, -0.25) is 9.78 Å². The summed E-state index contributed by atoms with van der Waals surface area (Å²) in [6, 6.07) is 1.92. The summed E-state index contributed by atoms with van der Waals surface area (Å²) in [6.07, 6.45) is 5.10. The molecule has 2 N–H and O–H groups in total. The molecule has 0 amide bonds. The van der Waals surface area contributed by atoms with E-state index < -0.39 is 0 Å². The zero-order chi connectivity index (χ0) is 10.8. The third-order valence-electron chi connectivity index (χ3n) is 2.63. The van der Waals surface area contributed by atoms with Crippen molar-refractivity contribution in [2.24, 2.45) is 0 Å². The summed E-state index contributed by atoms with van der Waals surface area (Å²) in [5.74, 6) is 0. The molecule has 2 heterocycles. The fraction of sp³-hybridized carbons (Fsp3) is 0.273. The molecule has 2 aromatic heterocycles. The summed E-state index contributed by atoms with van der Waals surface area (Å²) in [5, 5.41) is 4.73. The summed E-state index contributed by atoms with van der Waals surface area (Å²) in [6.45, 7) is 2.04. The van der Waals surface area contributed by atoms with Crippen LogP contribution in [-0.2, 0) is 0 Å². The molecule has 15 heavy (non-hydrogen) atoms. The number of hydrogen-bond donors (Lipinski definition) is 2. The monoisotopic (exact) mass is 203 g/mol. The van der Waals surface area contributed by atoms with Gasteiger partial charge in [0.25, 0.3) is 5.56 Å².